The van der Waals surface area contributed by atoms with Crippen molar-refractivity contribution in [2.45, 2.75) is 32.6 Å². The molecule has 1 saturated heterocycles. The highest BCUT2D eigenvalue weighted by Gasteiger charge is 2.21. The summed E-state index contributed by atoms with van der Waals surface area (Å²) in [6, 6.07) is 8.24. The second-order valence-electron chi connectivity index (χ2n) is 6.18. The number of carbonyl (C=O) groups is 1. The maximum Gasteiger partial charge on any atom is 0.317 e. The molecule has 4 nitrogen and oxygen atoms in total. The maximum atomic E-state index is 10.8. The Bertz CT molecular complexity index is 473. The van der Waals surface area contributed by atoms with Crippen LogP contribution in [0.4, 0.5) is 0 Å². The van der Waals surface area contributed by atoms with Crippen molar-refractivity contribution in [1.29, 1.82) is 0 Å². The van der Waals surface area contributed by atoms with Crippen LogP contribution in [0.5, 0.6) is 5.75 Å². The van der Waals surface area contributed by atoms with E-state index >= 15 is 0 Å². The van der Waals surface area contributed by atoms with Crippen LogP contribution >= 0.6 is 0 Å². The number of piperidine rings is 1. The molecule has 1 atom stereocenters. The molecule has 4 heteroatoms. The molecule has 1 heterocycles. The predicted molar refractivity (Wildman–Crippen MR) is 82.8 cm³/mol. The van der Waals surface area contributed by atoms with E-state index in [0.717, 1.165) is 31.7 Å². The van der Waals surface area contributed by atoms with Crippen molar-refractivity contribution >= 4 is 5.97 Å². The van der Waals surface area contributed by atoms with Crippen molar-refractivity contribution in [3.8, 4) is 5.75 Å². The van der Waals surface area contributed by atoms with Gasteiger partial charge in [-0.05, 0) is 43.0 Å². The third-order valence-electron chi connectivity index (χ3n) is 3.97. The Labute approximate surface area is 126 Å². The number of aliphatic carboxylic acids is 1. The zero-order valence-electron chi connectivity index (χ0n) is 12.9. The number of hydrogen-bond acceptors (Lipinski definition) is 3. The fourth-order valence-corrected chi connectivity index (χ4v) is 2.80. The summed E-state index contributed by atoms with van der Waals surface area (Å²) in [4.78, 5) is 12.8. The van der Waals surface area contributed by atoms with E-state index in [0.29, 0.717) is 18.4 Å². The monoisotopic (exact) mass is 291 g/mol. The molecular formula is C17H25NO3. The van der Waals surface area contributed by atoms with Crippen LogP contribution in [0.15, 0.2) is 24.3 Å². The molecule has 0 spiro atoms. The molecule has 1 aromatic rings. The van der Waals surface area contributed by atoms with Gasteiger partial charge in [0.15, 0.2) is 0 Å². The van der Waals surface area contributed by atoms with Crippen molar-refractivity contribution < 1.29 is 14.6 Å². The highest BCUT2D eigenvalue weighted by atomic mass is 16.5. The first-order chi connectivity index (χ1) is 10.0. The highest BCUT2D eigenvalue weighted by Crippen LogP contribution is 2.22. The van der Waals surface area contributed by atoms with Gasteiger partial charge in [0, 0.05) is 12.5 Å². The van der Waals surface area contributed by atoms with E-state index in [1.807, 2.05) is 17.0 Å². The predicted octanol–water partition coefficient (Wildman–Crippen LogP) is 2.99. The first kappa shape index (κ1) is 15.8. The minimum Gasteiger partial charge on any atom is -0.493 e. The Morgan fingerprint density at radius 1 is 1.48 bits per heavy atom. The Balaban J connectivity index is 1.85. The van der Waals surface area contributed by atoms with E-state index in [1.54, 1.807) is 0 Å². The summed E-state index contributed by atoms with van der Waals surface area (Å²) in [5, 5.41) is 8.87. The number of carboxylic acids is 1. The van der Waals surface area contributed by atoms with Gasteiger partial charge in [-0.1, -0.05) is 26.0 Å². The molecule has 1 aliphatic heterocycles. The quantitative estimate of drug-likeness (QED) is 0.875. The van der Waals surface area contributed by atoms with Gasteiger partial charge in [-0.2, -0.15) is 0 Å². The normalized spacial score (nSPS) is 19.7. The first-order valence-corrected chi connectivity index (χ1v) is 7.71. The summed E-state index contributed by atoms with van der Waals surface area (Å²) >= 11 is 0. The Kier molecular flexibility index (Phi) is 5.62. The molecule has 21 heavy (non-hydrogen) atoms. The van der Waals surface area contributed by atoms with Gasteiger partial charge < -0.3 is 9.84 Å². The third kappa shape index (κ3) is 5.05. The van der Waals surface area contributed by atoms with Crippen LogP contribution in [-0.2, 0) is 4.79 Å². The van der Waals surface area contributed by atoms with Crippen molar-refractivity contribution in [3.63, 3.8) is 0 Å². The number of nitrogens with zero attached hydrogens (tertiary/aromatic N) is 1. The number of rotatable bonds is 6. The summed E-state index contributed by atoms with van der Waals surface area (Å²) < 4.78 is 5.92. The molecule has 1 N–H and O–H groups in total. The lowest BCUT2D eigenvalue weighted by Crippen LogP contribution is -2.40. The molecule has 1 aromatic carbocycles. The summed E-state index contributed by atoms with van der Waals surface area (Å²) in [5.41, 5.74) is 1.28. The fraction of sp³-hybridized carbons (Fsp3) is 0.588. The average Bonchev–Trinajstić information content (AvgIpc) is 2.45. The molecule has 0 unspecified atom stereocenters. The van der Waals surface area contributed by atoms with Gasteiger partial charge in [0.25, 0.3) is 0 Å². The lowest BCUT2D eigenvalue weighted by molar-refractivity contribution is -0.138. The van der Waals surface area contributed by atoms with Gasteiger partial charge >= 0.3 is 5.97 Å². The average molecular weight is 291 g/mol. The van der Waals surface area contributed by atoms with E-state index in [1.165, 1.54) is 5.56 Å². The topological polar surface area (TPSA) is 49.8 Å². The molecule has 1 aliphatic rings. The van der Waals surface area contributed by atoms with Crippen molar-refractivity contribution in [2.75, 3.05) is 26.2 Å². The number of likely N-dealkylation sites (tertiary alicyclic amines) is 1. The SMILES string of the molecule is CC(C)c1cccc(OC[C@@H]2CCCN(CC(=O)O)C2)c1. The van der Waals surface area contributed by atoms with Crippen LogP contribution < -0.4 is 4.74 Å². The summed E-state index contributed by atoms with van der Waals surface area (Å²) in [6.07, 6.45) is 2.16. The molecule has 0 saturated carbocycles. The van der Waals surface area contributed by atoms with Crippen LogP contribution in [-0.4, -0.2) is 42.2 Å². The van der Waals surface area contributed by atoms with Gasteiger partial charge in [0.05, 0.1) is 13.2 Å². The minimum atomic E-state index is -0.749. The van der Waals surface area contributed by atoms with Gasteiger partial charge in [-0.25, -0.2) is 0 Å². The number of carboxylic acid groups (broad SMARTS) is 1. The molecular weight excluding hydrogens is 266 g/mol. The van der Waals surface area contributed by atoms with E-state index in [-0.39, 0.29) is 6.54 Å². The van der Waals surface area contributed by atoms with Crippen molar-refractivity contribution in [3.05, 3.63) is 29.8 Å². The minimum absolute atomic E-state index is 0.138. The highest BCUT2D eigenvalue weighted by molar-refractivity contribution is 5.69. The maximum absolute atomic E-state index is 10.8. The van der Waals surface area contributed by atoms with E-state index < -0.39 is 5.97 Å². The summed E-state index contributed by atoms with van der Waals surface area (Å²) in [7, 11) is 0. The Morgan fingerprint density at radius 2 is 2.29 bits per heavy atom. The zero-order valence-corrected chi connectivity index (χ0v) is 12.9. The smallest absolute Gasteiger partial charge is 0.317 e. The standard InChI is InChI=1S/C17H25NO3/c1-13(2)15-6-3-7-16(9-15)21-12-14-5-4-8-18(10-14)11-17(19)20/h3,6-7,9,13-14H,4-5,8,10-12H2,1-2H3,(H,19,20)/t14-/m1/s1. The molecule has 116 valence electrons. The largest absolute Gasteiger partial charge is 0.493 e. The number of benzene rings is 1. The van der Waals surface area contributed by atoms with Crippen LogP contribution in [0.2, 0.25) is 0 Å². The number of hydrogen-bond donors (Lipinski definition) is 1. The van der Waals surface area contributed by atoms with E-state index in [9.17, 15) is 4.79 Å². The molecule has 0 aliphatic carbocycles. The molecule has 0 radical (unpaired) electrons. The molecule has 0 bridgehead atoms. The van der Waals surface area contributed by atoms with Crippen LogP contribution in [0.1, 0.15) is 38.2 Å². The molecule has 1 fully saturated rings. The second-order valence-corrected chi connectivity index (χ2v) is 6.18. The fourth-order valence-electron chi connectivity index (χ4n) is 2.80. The third-order valence-corrected chi connectivity index (χ3v) is 3.97. The van der Waals surface area contributed by atoms with Gasteiger partial charge in [-0.15, -0.1) is 0 Å². The van der Waals surface area contributed by atoms with Crippen molar-refractivity contribution in [1.82, 2.24) is 4.90 Å². The molecule has 0 amide bonds. The zero-order chi connectivity index (χ0) is 15.2. The van der Waals surface area contributed by atoms with Gasteiger partial charge in [0.2, 0.25) is 0 Å². The lowest BCUT2D eigenvalue weighted by Gasteiger charge is -2.31. The Hall–Kier alpha value is -1.55. The van der Waals surface area contributed by atoms with E-state index in [2.05, 4.69) is 26.0 Å². The van der Waals surface area contributed by atoms with Crippen molar-refractivity contribution in [2.24, 2.45) is 5.92 Å². The second kappa shape index (κ2) is 7.46. The summed E-state index contributed by atoms with van der Waals surface area (Å²) in [5.74, 6) is 1.08. The van der Waals surface area contributed by atoms with Crippen LogP contribution in [0, 0.1) is 5.92 Å². The lowest BCUT2D eigenvalue weighted by atomic mass is 9.99. The molecule has 2 rings (SSSR count). The summed E-state index contributed by atoms with van der Waals surface area (Å²) in [6.45, 7) is 6.84. The van der Waals surface area contributed by atoms with Gasteiger partial charge in [-0.3, -0.25) is 9.69 Å². The number of ether oxygens (including phenoxy) is 1. The van der Waals surface area contributed by atoms with Crippen LogP contribution in [0.3, 0.4) is 0 Å². The first-order valence-electron chi connectivity index (χ1n) is 7.71. The van der Waals surface area contributed by atoms with E-state index in [4.69, 9.17) is 9.84 Å². The molecule has 0 aromatic heterocycles. The Morgan fingerprint density at radius 3 is 3.00 bits per heavy atom. The van der Waals surface area contributed by atoms with Crippen LogP contribution in [0.25, 0.3) is 0 Å². The van der Waals surface area contributed by atoms with Gasteiger partial charge in [0.1, 0.15) is 5.75 Å².